The van der Waals surface area contributed by atoms with Crippen LogP contribution in [0.3, 0.4) is 0 Å². The molecule has 0 bridgehead atoms. The molecule has 1 aromatic rings. The number of rotatable bonds is 13. The van der Waals surface area contributed by atoms with Crippen LogP contribution in [0, 0.1) is 0 Å². The molecule has 2 unspecified atom stereocenters. The Morgan fingerprint density at radius 3 is 2.46 bits per heavy atom. The van der Waals surface area contributed by atoms with Crippen LogP contribution in [0.2, 0.25) is 0 Å². The predicted molar refractivity (Wildman–Crippen MR) is 108 cm³/mol. The normalized spacial score (nSPS) is 14.0. The molecular weight excluding hydrogens is 376 g/mol. The number of hydrogen-bond donors (Lipinski definition) is 4. The first-order valence-corrected chi connectivity index (χ1v) is 9.84. The lowest BCUT2D eigenvalue weighted by Gasteiger charge is -2.22. The van der Waals surface area contributed by atoms with E-state index in [4.69, 9.17) is 21.8 Å². The number of alkyl halides is 1. The van der Waals surface area contributed by atoms with Gasteiger partial charge < -0.3 is 25.5 Å². The molecule has 1 aromatic carbocycles. The fraction of sp³-hybridized carbons (Fsp3) is 0.529. The molecule has 7 nitrogen and oxygen atoms in total. The Hall–Kier alpha value is -1.32. The summed E-state index contributed by atoms with van der Waals surface area (Å²) in [7, 11) is 0. The van der Waals surface area contributed by atoms with Crippen LogP contribution in [-0.2, 0) is 0 Å². The highest BCUT2D eigenvalue weighted by atomic mass is 35.5. The molecule has 0 aliphatic heterocycles. The molecule has 0 radical (unpaired) electrons. The molecule has 2 atom stereocenters. The first-order valence-electron chi connectivity index (χ1n) is 8.36. The lowest BCUT2D eigenvalue weighted by atomic mass is 10.2. The van der Waals surface area contributed by atoms with E-state index in [9.17, 15) is 5.11 Å². The molecule has 0 saturated heterocycles. The van der Waals surface area contributed by atoms with Gasteiger partial charge in [0.1, 0.15) is 5.37 Å². The minimum absolute atomic E-state index is 0.0312. The Labute approximate surface area is 163 Å². The molecule has 9 heteroatoms. The maximum atomic E-state index is 9.29. The van der Waals surface area contributed by atoms with Crippen molar-refractivity contribution in [2.45, 2.75) is 18.4 Å². The van der Waals surface area contributed by atoms with Gasteiger partial charge in [-0.05, 0) is 36.6 Å². The summed E-state index contributed by atoms with van der Waals surface area (Å²) < 4.78 is 0. The molecule has 26 heavy (non-hydrogen) atoms. The van der Waals surface area contributed by atoms with Crippen molar-refractivity contribution in [3.63, 3.8) is 0 Å². The van der Waals surface area contributed by atoms with Crippen LogP contribution in [-0.4, -0.2) is 65.5 Å². The Bertz CT molecular complexity index is 539. The molecule has 0 heterocycles. The van der Waals surface area contributed by atoms with Crippen molar-refractivity contribution in [1.29, 1.82) is 0 Å². The maximum Gasteiger partial charge on any atom is 0.118 e. The second-order valence-corrected chi connectivity index (χ2v) is 6.96. The number of aliphatic hydroxyl groups is 3. The summed E-state index contributed by atoms with van der Waals surface area (Å²) in [5, 5.41) is 40.7. The van der Waals surface area contributed by atoms with Crippen molar-refractivity contribution in [2.24, 2.45) is 10.2 Å². The van der Waals surface area contributed by atoms with Crippen LogP contribution < -0.4 is 10.2 Å². The molecule has 0 aliphatic carbocycles. The van der Waals surface area contributed by atoms with Crippen LogP contribution in [0.25, 0.3) is 0 Å². The lowest BCUT2D eigenvalue weighted by molar-refractivity contribution is 0.199. The third kappa shape index (κ3) is 9.40. The molecule has 0 fully saturated rings. The number of azo groups is 1. The van der Waals surface area contributed by atoms with E-state index in [1.165, 1.54) is 11.8 Å². The number of thioether (sulfide) groups is 1. The van der Waals surface area contributed by atoms with Gasteiger partial charge in [0.2, 0.25) is 0 Å². The topological polar surface area (TPSA) is 101 Å². The summed E-state index contributed by atoms with van der Waals surface area (Å²) in [5.41, 5.74) is 1.66. The smallest absolute Gasteiger partial charge is 0.118 e. The van der Waals surface area contributed by atoms with Gasteiger partial charge in [-0.2, -0.15) is 10.2 Å². The minimum atomic E-state index is -0.558. The number of anilines is 1. The van der Waals surface area contributed by atoms with Crippen LogP contribution in [0.5, 0.6) is 0 Å². The van der Waals surface area contributed by atoms with Crippen molar-refractivity contribution in [1.82, 2.24) is 5.32 Å². The summed E-state index contributed by atoms with van der Waals surface area (Å²) >= 11 is 7.00. The highest BCUT2D eigenvalue weighted by molar-refractivity contribution is 8.02. The second-order valence-electron chi connectivity index (χ2n) is 5.42. The monoisotopic (exact) mass is 402 g/mol. The quantitative estimate of drug-likeness (QED) is 0.298. The molecule has 0 saturated carbocycles. The third-order valence-corrected chi connectivity index (χ3v) is 4.42. The summed E-state index contributed by atoms with van der Waals surface area (Å²) in [4.78, 5) is 1.90. The van der Waals surface area contributed by atoms with Crippen LogP contribution in [0.1, 0.15) is 6.92 Å². The van der Waals surface area contributed by atoms with E-state index in [0.717, 1.165) is 11.4 Å². The summed E-state index contributed by atoms with van der Waals surface area (Å²) in [6.07, 6.45) is 1.19. The van der Waals surface area contributed by atoms with Crippen LogP contribution in [0.15, 0.2) is 46.1 Å². The Kier molecular flexibility index (Phi) is 12.1. The van der Waals surface area contributed by atoms with E-state index in [-0.39, 0.29) is 24.5 Å². The zero-order chi connectivity index (χ0) is 19.2. The van der Waals surface area contributed by atoms with Gasteiger partial charge in [-0.15, -0.1) is 23.4 Å². The first-order chi connectivity index (χ1) is 12.6. The average molecular weight is 403 g/mol. The van der Waals surface area contributed by atoms with Crippen molar-refractivity contribution in [3.05, 3.63) is 35.9 Å². The predicted octanol–water partition coefficient (Wildman–Crippen LogP) is 2.30. The standard InChI is InChI=1S/C17H27ClN4O3S/c1-14(26-11-6-19-13-17(25)12-18)20-21-15-2-4-16(5-3-15)22(7-9-23)8-10-24/h2-6,11,14,17,19,23-25H,7-10,12-13H2,1H3/b11-6-,21-20?. The van der Waals surface area contributed by atoms with Gasteiger partial charge >= 0.3 is 0 Å². The largest absolute Gasteiger partial charge is 0.395 e. The lowest BCUT2D eigenvalue weighted by Crippen LogP contribution is -2.29. The van der Waals surface area contributed by atoms with E-state index in [1.54, 1.807) is 6.20 Å². The fourth-order valence-electron chi connectivity index (χ4n) is 1.98. The van der Waals surface area contributed by atoms with Crippen LogP contribution >= 0.6 is 23.4 Å². The zero-order valence-electron chi connectivity index (χ0n) is 14.8. The minimum Gasteiger partial charge on any atom is -0.395 e. The molecule has 1 rings (SSSR count). The Balaban J connectivity index is 2.45. The number of nitrogens with zero attached hydrogens (tertiary/aromatic N) is 3. The highest BCUT2D eigenvalue weighted by Gasteiger charge is 2.05. The molecule has 0 aliphatic rings. The van der Waals surface area contributed by atoms with E-state index in [0.29, 0.717) is 19.6 Å². The molecule has 0 spiro atoms. The molecule has 4 N–H and O–H groups in total. The number of aliphatic hydroxyl groups excluding tert-OH is 3. The van der Waals surface area contributed by atoms with E-state index in [2.05, 4.69) is 15.5 Å². The number of nitrogens with one attached hydrogen (secondary N) is 1. The second kappa shape index (κ2) is 13.8. The maximum absolute atomic E-state index is 9.29. The van der Waals surface area contributed by atoms with Gasteiger partial charge in [0.25, 0.3) is 0 Å². The molecule has 0 aromatic heterocycles. The summed E-state index contributed by atoms with van der Waals surface area (Å²) in [6.45, 7) is 3.35. The SMILES string of the molecule is CC(N=Nc1ccc(N(CCO)CCO)cc1)S/C=C\NCC(O)CCl. The number of halogens is 1. The van der Waals surface area contributed by atoms with E-state index < -0.39 is 6.10 Å². The summed E-state index contributed by atoms with van der Waals surface area (Å²) in [6, 6.07) is 7.48. The van der Waals surface area contributed by atoms with Crippen molar-refractivity contribution >= 4 is 34.7 Å². The van der Waals surface area contributed by atoms with Gasteiger partial charge in [0.15, 0.2) is 0 Å². The highest BCUT2D eigenvalue weighted by Crippen LogP contribution is 2.21. The van der Waals surface area contributed by atoms with E-state index >= 15 is 0 Å². The van der Waals surface area contributed by atoms with E-state index in [1.807, 2.05) is 41.5 Å². The molecule has 0 amide bonds. The molecule has 146 valence electrons. The summed E-state index contributed by atoms with van der Waals surface area (Å²) in [5.74, 6) is 0.204. The van der Waals surface area contributed by atoms with Crippen LogP contribution in [0.4, 0.5) is 11.4 Å². The first kappa shape index (κ1) is 22.7. The fourth-order valence-corrected chi connectivity index (χ4v) is 2.59. The Morgan fingerprint density at radius 1 is 1.23 bits per heavy atom. The molecular formula is C17H27ClN4O3S. The average Bonchev–Trinajstić information content (AvgIpc) is 2.66. The van der Waals surface area contributed by atoms with Gasteiger partial charge in [-0.25, -0.2) is 0 Å². The number of benzene rings is 1. The number of hydrogen-bond acceptors (Lipinski definition) is 8. The van der Waals surface area contributed by atoms with Crippen molar-refractivity contribution in [3.8, 4) is 0 Å². The van der Waals surface area contributed by atoms with Gasteiger partial charge in [-0.1, -0.05) is 0 Å². The van der Waals surface area contributed by atoms with Gasteiger partial charge in [-0.3, -0.25) is 0 Å². The van der Waals surface area contributed by atoms with Crippen molar-refractivity contribution in [2.75, 3.05) is 43.6 Å². The third-order valence-electron chi connectivity index (χ3n) is 3.28. The van der Waals surface area contributed by atoms with Gasteiger partial charge in [0, 0.05) is 31.5 Å². The van der Waals surface area contributed by atoms with Crippen molar-refractivity contribution < 1.29 is 15.3 Å². The Morgan fingerprint density at radius 2 is 1.88 bits per heavy atom. The zero-order valence-corrected chi connectivity index (χ0v) is 16.4. The van der Waals surface area contributed by atoms with Gasteiger partial charge in [0.05, 0.1) is 30.9 Å².